The van der Waals surface area contributed by atoms with Crippen LogP contribution in [0.1, 0.15) is 108 Å². The zero-order valence-electron chi connectivity index (χ0n) is 25.7. The van der Waals surface area contributed by atoms with E-state index in [1.54, 1.807) is 0 Å². The van der Waals surface area contributed by atoms with Crippen LogP contribution < -0.4 is 10.1 Å². The van der Waals surface area contributed by atoms with Gasteiger partial charge in [0.1, 0.15) is 11.9 Å². The van der Waals surface area contributed by atoms with Crippen molar-refractivity contribution >= 4 is 5.97 Å². The molecule has 0 radical (unpaired) electrons. The minimum absolute atomic E-state index is 0.0210. The first-order valence-corrected chi connectivity index (χ1v) is 14.8. The molecular weight excluding hydrogens is 494 g/mol. The van der Waals surface area contributed by atoms with Crippen LogP contribution in [0.3, 0.4) is 0 Å². The predicted octanol–water partition coefficient (Wildman–Crippen LogP) is 8.66. The zero-order valence-corrected chi connectivity index (χ0v) is 25.7. The molecule has 3 aromatic rings. The summed E-state index contributed by atoms with van der Waals surface area (Å²) in [6.45, 7) is 17.0. The number of hydrogen-bond acceptors (Lipinski definition) is 4. The maximum absolute atomic E-state index is 11.9. The van der Waals surface area contributed by atoms with Crippen LogP contribution in [-0.2, 0) is 26.9 Å². The number of unbranched alkanes of at least 4 members (excludes halogenated alkanes) is 3. The average molecular weight is 544 g/mol. The lowest BCUT2D eigenvalue weighted by Gasteiger charge is -2.30. The average Bonchev–Trinajstić information content (AvgIpc) is 2.90. The summed E-state index contributed by atoms with van der Waals surface area (Å²) < 4.78 is 12.1. The first-order chi connectivity index (χ1) is 19.0. The van der Waals surface area contributed by atoms with E-state index in [1.807, 2.05) is 12.1 Å². The Hall–Kier alpha value is -2.95. The number of ether oxygens (including phenoxy) is 2. The van der Waals surface area contributed by atoms with E-state index in [1.165, 1.54) is 30.0 Å². The van der Waals surface area contributed by atoms with Crippen molar-refractivity contribution in [1.29, 1.82) is 0 Å². The second-order valence-electron chi connectivity index (χ2n) is 12.8. The molecule has 0 aliphatic carbocycles. The van der Waals surface area contributed by atoms with Crippen molar-refractivity contribution in [2.45, 2.75) is 97.6 Å². The first-order valence-electron chi connectivity index (χ1n) is 14.8. The van der Waals surface area contributed by atoms with Crippen molar-refractivity contribution in [2.24, 2.45) is 0 Å². The van der Waals surface area contributed by atoms with Crippen LogP contribution in [0, 0.1) is 0 Å². The second kappa shape index (κ2) is 14.6. The van der Waals surface area contributed by atoms with E-state index in [9.17, 15) is 4.79 Å². The molecule has 3 rings (SSSR count). The minimum atomic E-state index is -0.275. The molecule has 40 heavy (non-hydrogen) atoms. The maximum atomic E-state index is 11.9. The summed E-state index contributed by atoms with van der Waals surface area (Å²) in [7, 11) is 0. The third-order valence-electron chi connectivity index (χ3n) is 7.08. The van der Waals surface area contributed by atoms with Crippen molar-refractivity contribution in [3.8, 4) is 5.75 Å². The molecule has 0 aliphatic heterocycles. The molecule has 0 saturated heterocycles. The van der Waals surface area contributed by atoms with Gasteiger partial charge in [-0.05, 0) is 46.9 Å². The SMILES string of the molecule is CC(=O)Oc1c(C(C)(C)C)cc(CNCCCCCCOC(c2ccccc2)c2ccccc2)cc1C(C)(C)C. The number of esters is 1. The largest absolute Gasteiger partial charge is 0.426 e. The number of carbonyl (C=O) groups is 1. The minimum Gasteiger partial charge on any atom is -0.426 e. The highest BCUT2D eigenvalue weighted by Crippen LogP contribution is 2.41. The highest BCUT2D eigenvalue weighted by molar-refractivity contribution is 5.71. The molecule has 0 spiro atoms. The fraction of sp³-hybridized carbons (Fsp3) is 0.472. The summed E-state index contributed by atoms with van der Waals surface area (Å²) in [5, 5.41) is 3.63. The van der Waals surface area contributed by atoms with Crippen LogP contribution in [0.2, 0.25) is 0 Å². The summed E-state index contributed by atoms with van der Waals surface area (Å²) in [4.78, 5) is 11.9. The molecule has 0 fully saturated rings. The normalized spacial score (nSPS) is 12.1. The highest BCUT2D eigenvalue weighted by Gasteiger charge is 2.28. The van der Waals surface area contributed by atoms with Gasteiger partial charge in [-0.25, -0.2) is 0 Å². The van der Waals surface area contributed by atoms with Gasteiger partial charge >= 0.3 is 5.97 Å². The summed E-state index contributed by atoms with van der Waals surface area (Å²) in [5.41, 5.74) is 5.51. The highest BCUT2D eigenvalue weighted by atomic mass is 16.5. The van der Waals surface area contributed by atoms with Gasteiger partial charge in [0.05, 0.1) is 0 Å². The van der Waals surface area contributed by atoms with E-state index < -0.39 is 0 Å². The third kappa shape index (κ3) is 9.60. The molecule has 1 N–H and O–H groups in total. The van der Waals surface area contributed by atoms with Crippen LogP contribution in [-0.4, -0.2) is 19.1 Å². The molecule has 0 unspecified atom stereocenters. The van der Waals surface area contributed by atoms with Crippen molar-refractivity contribution in [2.75, 3.05) is 13.2 Å². The summed E-state index contributed by atoms with van der Waals surface area (Å²) in [6.07, 6.45) is 4.48. The molecule has 4 heteroatoms. The molecule has 0 heterocycles. The topological polar surface area (TPSA) is 47.6 Å². The van der Waals surface area contributed by atoms with E-state index in [-0.39, 0.29) is 22.9 Å². The van der Waals surface area contributed by atoms with Crippen molar-refractivity contribution in [3.05, 3.63) is 101 Å². The van der Waals surface area contributed by atoms with Gasteiger partial charge in [-0.15, -0.1) is 0 Å². The molecular formula is C36H49NO3. The maximum Gasteiger partial charge on any atom is 0.308 e. The number of nitrogens with one attached hydrogen (secondary N) is 1. The lowest BCUT2D eigenvalue weighted by atomic mass is 9.78. The fourth-order valence-electron chi connectivity index (χ4n) is 4.94. The van der Waals surface area contributed by atoms with E-state index >= 15 is 0 Å². The Labute approximate surface area is 242 Å². The molecule has 0 bridgehead atoms. The van der Waals surface area contributed by atoms with E-state index in [0.717, 1.165) is 55.8 Å². The lowest BCUT2D eigenvalue weighted by Crippen LogP contribution is -2.23. The number of hydrogen-bond donors (Lipinski definition) is 1. The van der Waals surface area contributed by atoms with Crippen LogP contribution in [0.15, 0.2) is 72.8 Å². The van der Waals surface area contributed by atoms with Crippen LogP contribution in [0.25, 0.3) is 0 Å². The van der Waals surface area contributed by atoms with Gasteiger partial charge in [-0.2, -0.15) is 0 Å². The Morgan fingerprint density at radius 2 is 1.25 bits per heavy atom. The van der Waals surface area contributed by atoms with Gasteiger partial charge in [0, 0.05) is 31.2 Å². The lowest BCUT2D eigenvalue weighted by molar-refractivity contribution is -0.132. The van der Waals surface area contributed by atoms with Crippen molar-refractivity contribution in [1.82, 2.24) is 5.32 Å². The molecule has 0 amide bonds. The molecule has 4 nitrogen and oxygen atoms in total. The van der Waals surface area contributed by atoms with Crippen LogP contribution in [0.5, 0.6) is 5.75 Å². The van der Waals surface area contributed by atoms with Crippen LogP contribution >= 0.6 is 0 Å². The van der Waals surface area contributed by atoms with Crippen molar-refractivity contribution < 1.29 is 14.3 Å². The fourth-order valence-corrected chi connectivity index (χ4v) is 4.94. The number of carbonyl (C=O) groups excluding carboxylic acids is 1. The van der Waals surface area contributed by atoms with Gasteiger partial charge < -0.3 is 14.8 Å². The zero-order chi connectivity index (χ0) is 29.2. The van der Waals surface area contributed by atoms with E-state index in [2.05, 4.69) is 108 Å². The Morgan fingerprint density at radius 1 is 0.750 bits per heavy atom. The van der Waals surface area contributed by atoms with Crippen LogP contribution in [0.4, 0.5) is 0 Å². The van der Waals surface area contributed by atoms with E-state index in [0.29, 0.717) is 0 Å². The first kappa shape index (κ1) is 31.6. The Balaban J connectivity index is 1.48. The molecule has 3 aromatic carbocycles. The quantitative estimate of drug-likeness (QED) is 0.133. The second-order valence-corrected chi connectivity index (χ2v) is 12.8. The molecule has 0 aliphatic rings. The molecule has 0 atom stereocenters. The summed E-state index contributed by atoms with van der Waals surface area (Å²) in [6, 6.07) is 25.4. The number of rotatable bonds is 13. The monoisotopic (exact) mass is 543 g/mol. The standard InChI is InChI=1S/C36H49NO3/c1-27(38)40-34-31(35(2,3)4)24-28(25-32(34)36(5,6)7)26-37-22-16-8-9-17-23-39-33(29-18-12-10-13-19-29)30-20-14-11-15-21-30/h10-15,18-21,24-25,33,37H,8-9,16-17,22-23,26H2,1-7H3. The van der Waals surface area contributed by atoms with Gasteiger partial charge in [-0.1, -0.05) is 127 Å². The summed E-state index contributed by atoms with van der Waals surface area (Å²) >= 11 is 0. The molecule has 0 saturated carbocycles. The van der Waals surface area contributed by atoms with Crippen molar-refractivity contribution in [3.63, 3.8) is 0 Å². The summed E-state index contributed by atoms with van der Waals surface area (Å²) in [5.74, 6) is 0.447. The molecule has 0 aromatic heterocycles. The van der Waals surface area contributed by atoms with Gasteiger partial charge in [0.15, 0.2) is 0 Å². The smallest absolute Gasteiger partial charge is 0.308 e. The van der Waals surface area contributed by atoms with Gasteiger partial charge in [0.2, 0.25) is 0 Å². The predicted molar refractivity (Wildman–Crippen MR) is 166 cm³/mol. The Bertz CT molecular complexity index is 1120. The molecule has 216 valence electrons. The Morgan fingerprint density at radius 3 is 1.73 bits per heavy atom. The number of benzene rings is 3. The third-order valence-corrected chi connectivity index (χ3v) is 7.08. The van der Waals surface area contributed by atoms with Gasteiger partial charge in [0.25, 0.3) is 0 Å². The van der Waals surface area contributed by atoms with Gasteiger partial charge in [-0.3, -0.25) is 4.79 Å². The van der Waals surface area contributed by atoms with E-state index in [4.69, 9.17) is 9.47 Å². The Kier molecular flexibility index (Phi) is 11.5.